The van der Waals surface area contributed by atoms with Crippen molar-refractivity contribution in [3.05, 3.63) is 34.1 Å². The van der Waals surface area contributed by atoms with Crippen LogP contribution in [-0.2, 0) is 11.2 Å². The second-order valence-corrected chi connectivity index (χ2v) is 3.03. The van der Waals surface area contributed by atoms with Gasteiger partial charge in [0.15, 0.2) is 5.82 Å². The molecular formula is C9H5ClFNO2. The van der Waals surface area contributed by atoms with Gasteiger partial charge in [-0.1, -0.05) is 11.6 Å². The number of nitrogens with zero attached hydrogens (tertiary/aromatic N) is 1. The smallest absolute Gasteiger partial charge is 0.307 e. The summed E-state index contributed by atoms with van der Waals surface area (Å²) in [5.41, 5.74) is 0.0641. The molecule has 0 atom stereocenters. The number of carboxylic acid groups (broad SMARTS) is 1. The molecule has 1 aromatic carbocycles. The van der Waals surface area contributed by atoms with Crippen LogP contribution in [0.25, 0.3) is 0 Å². The molecule has 0 radical (unpaired) electrons. The van der Waals surface area contributed by atoms with Crippen molar-refractivity contribution in [1.82, 2.24) is 0 Å². The van der Waals surface area contributed by atoms with Gasteiger partial charge in [-0.05, 0) is 17.7 Å². The molecule has 0 unspecified atom stereocenters. The van der Waals surface area contributed by atoms with Gasteiger partial charge in [0.1, 0.15) is 6.07 Å². The molecule has 14 heavy (non-hydrogen) atoms. The van der Waals surface area contributed by atoms with Crippen LogP contribution in [-0.4, -0.2) is 11.1 Å². The summed E-state index contributed by atoms with van der Waals surface area (Å²) in [6, 6.07) is 3.97. The third-order valence-corrected chi connectivity index (χ3v) is 1.84. The lowest BCUT2D eigenvalue weighted by Crippen LogP contribution is -2.01. The third kappa shape index (κ3) is 2.21. The first kappa shape index (κ1) is 10.5. The van der Waals surface area contributed by atoms with E-state index in [1.54, 1.807) is 6.07 Å². The Morgan fingerprint density at radius 1 is 1.64 bits per heavy atom. The number of hydrogen-bond donors (Lipinski definition) is 1. The highest BCUT2D eigenvalue weighted by atomic mass is 35.5. The molecule has 0 saturated heterocycles. The zero-order valence-corrected chi connectivity index (χ0v) is 7.68. The van der Waals surface area contributed by atoms with E-state index in [1.807, 2.05) is 0 Å². The summed E-state index contributed by atoms with van der Waals surface area (Å²) in [5, 5.41) is 16.7. The largest absolute Gasteiger partial charge is 0.481 e. The number of rotatable bonds is 2. The molecule has 1 aromatic rings. The van der Waals surface area contributed by atoms with E-state index >= 15 is 0 Å². The summed E-state index contributed by atoms with van der Waals surface area (Å²) in [6.07, 6.45) is -0.283. The first-order valence-electron chi connectivity index (χ1n) is 3.64. The summed E-state index contributed by atoms with van der Waals surface area (Å²) in [7, 11) is 0. The number of hydrogen-bond acceptors (Lipinski definition) is 2. The Bertz CT molecular complexity index is 426. The molecule has 0 aliphatic carbocycles. The van der Waals surface area contributed by atoms with Crippen molar-refractivity contribution in [3.8, 4) is 6.07 Å². The molecular weight excluding hydrogens is 209 g/mol. The van der Waals surface area contributed by atoms with Crippen molar-refractivity contribution in [2.75, 3.05) is 0 Å². The Labute approximate surface area is 84.3 Å². The maximum Gasteiger partial charge on any atom is 0.307 e. The highest BCUT2D eigenvalue weighted by molar-refractivity contribution is 6.30. The van der Waals surface area contributed by atoms with Crippen LogP contribution < -0.4 is 0 Å². The molecule has 3 nitrogen and oxygen atoms in total. The third-order valence-electron chi connectivity index (χ3n) is 1.56. The van der Waals surface area contributed by atoms with Crippen LogP contribution in [0.4, 0.5) is 4.39 Å². The molecule has 0 aliphatic rings. The van der Waals surface area contributed by atoms with Gasteiger partial charge in [-0.3, -0.25) is 4.79 Å². The van der Waals surface area contributed by atoms with Crippen molar-refractivity contribution >= 4 is 17.6 Å². The van der Waals surface area contributed by atoms with E-state index < -0.39 is 11.8 Å². The Hall–Kier alpha value is -1.60. The van der Waals surface area contributed by atoms with Gasteiger partial charge >= 0.3 is 5.97 Å². The molecule has 0 aliphatic heterocycles. The molecule has 1 N–H and O–H groups in total. The van der Waals surface area contributed by atoms with Gasteiger partial charge in [0.05, 0.1) is 17.0 Å². The van der Waals surface area contributed by atoms with Crippen LogP contribution in [0.1, 0.15) is 11.1 Å². The molecule has 0 heterocycles. The average Bonchev–Trinajstić information content (AvgIpc) is 2.10. The Morgan fingerprint density at radius 3 is 2.79 bits per heavy atom. The van der Waals surface area contributed by atoms with E-state index in [0.29, 0.717) is 5.56 Å². The number of benzene rings is 1. The van der Waals surface area contributed by atoms with Crippen molar-refractivity contribution in [3.63, 3.8) is 0 Å². The Balaban J connectivity index is 3.18. The van der Waals surface area contributed by atoms with Crippen LogP contribution in [0.2, 0.25) is 5.02 Å². The number of carboxylic acids is 1. The lowest BCUT2D eigenvalue weighted by Gasteiger charge is -2.01. The van der Waals surface area contributed by atoms with Crippen LogP contribution in [0.5, 0.6) is 0 Å². The second kappa shape index (κ2) is 4.07. The molecule has 1 rings (SSSR count). The van der Waals surface area contributed by atoms with Crippen molar-refractivity contribution in [2.24, 2.45) is 0 Å². The fourth-order valence-electron chi connectivity index (χ4n) is 1.00. The topological polar surface area (TPSA) is 61.1 Å². The van der Waals surface area contributed by atoms with E-state index in [9.17, 15) is 9.18 Å². The molecule has 0 saturated carbocycles. The lowest BCUT2D eigenvalue weighted by atomic mass is 10.1. The van der Waals surface area contributed by atoms with Crippen molar-refractivity contribution in [2.45, 2.75) is 6.42 Å². The van der Waals surface area contributed by atoms with Gasteiger partial charge in [-0.2, -0.15) is 5.26 Å². The van der Waals surface area contributed by atoms with E-state index in [1.165, 1.54) is 12.1 Å². The molecule has 5 heteroatoms. The first-order valence-corrected chi connectivity index (χ1v) is 4.02. The van der Waals surface area contributed by atoms with Crippen LogP contribution in [0.3, 0.4) is 0 Å². The van der Waals surface area contributed by atoms with Gasteiger partial charge in [0, 0.05) is 0 Å². The lowest BCUT2D eigenvalue weighted by molar-refractivity contribution is -0.136. The maximum atomic E-state index is 13.0. The van der Waals surface area contributed by atoms with Crippen LogP contribution in [0.15, 0.2) is 12.1 Å². The quantitative estimate of drug-likeness (QED) is 0.817. The molecule has 0 amide bonds. The van der Waals surface area contributed by atoms with Gasteiger partial charge < -0.3 is 5.11 Å². The predicted octanol–water partition coefficient (Wildman–Crippen LogP) is 1.98. The number of nitriles is 1. The second-order valence-electron chi connectivity index (χ2n) is 2.62. The minimum Gasteiger partial charge on any atom is -0.481 e. The minimum atomic E-state index is -1.06. The van der Waals surface area contributed by atoms with Gasteiger partial charge in [0.25, 0.3) is 0 Å². The molecule has 0 spiro atoms. The fourth-order valence-corrected chi connectivity index (χ4v) is 1.25. The SMILES string of the molecule is N#Cc1cc(CC(=O)O)cc(Cl)c1F. The fraction of sp³-hybridized carbons (Fsp3) is 0.111. The summed E-state index contributed by atoms with van der Waals surface area (Å²) >= 11 is 5.46. The Morgan fingerprint density at radius 2 is 2.29 bits per heavy atom. The van der Waals surface area contributed by atoms with Crippen molar-refractivity contribution < 1.29 is 14.3 Å². The zero-order valence-electron chi connectivity index (χ0n) is 6.92. The standard InChI is InChI=1S/C9H5ClFNO2/c10-7-2-5(3-8(13)14)1-6(4-12)9(7)11/h1-2H,3H2,(H,13,14). The van der Waals surface area contributed by atoms with E-state index in [2.05, 4.69) is 0 Å². The normalized spacial score (nSPS) is 9.50. The summed E-state index contributed by atoms with van der Waals surface area (Å²) in [6.45, 7) is 0. The van der Waals surface area contributed by atoms with E-state index in [0.717, 1.165) is 0 Å². The van der Waals surface area contributed by atoms with Gasteiger partial charge in [-0.15, -0.1) is 0 Å². The number of carbonyl (C=O) groups is 1. The van der Waals surface area contributed by atoms with Crippen LogP contribution >= 0.6 is 11.6 Å². The monoisotopic (exact) mass is 213 g/mol. The van der Waals surface area contributed by atoms with Gasteiger partial charge in [-0.25, -0.2) is 4.39 Å². The van der Waals surface area contributed by atoms with E-state index in [-0.39, 0.29) is 17.0 Å². The van der Waals surface area contributed by atoms with Crippen LogP contribution in [0, 0.1) is 17.1 Å². The zero-order chi connectivity index (χ0) is 10.7. The van der Waals surface area contributed by atoms with E-state index in [4.69, 9.17) is 22.0 Å². The average molecular weight is 214 g/mol. The minimum absolute atomic E-state index is 0.236. The highest BCUT2D eigenvalue weighted by Gasteiger charge is 2.10. The summed E-state index contributed by atoms with van der Waals surface area (Å²) in [4.78, 5) is 10.3. The summed E-state index contributed by atoms with van der Waals surface area (Å²) < 4.78 is 13.0. The molecule has 0 bridgehead atoms. The van der Waals surface area contributed by atoms with Gasteiger partial charge in [0.2, 0.25) is 0 Å². The maximum absolute atomic E-state index is 13.0. The molecule has 0 fully saturated rings. The first-order chi connectivity index (χ1) is 6.54. The molecule has 72 valence electrons. The number of halogens is 2. The summed E-state index contributed by atoms with van der Waals surface area (Å²) in [5.74, 6) is -1.88. The van der Waals surface area contributed by atoms with Crippen molar-refractivity contribution in [1.29, 1.82) is 5.26 Å². The number of aliphatic carboxylic acids is 1. The molecule has 0 aromatic heterocycles. The highest BCUT2D eigenvalue weighted by Crippen LogP contribution is 2.20. The predicted molar refractivity (Wildman–Crippen MR) is 47.5 cm³/mol. The Kier molecular flexibility index (Phi) is 3.05.